The number of hydrogen-bond acceptors (Lipinski definition) is 1. The molecule has 4 atom stereocenters. The Kier molecular flexibility index (Phi) is 4.84. The van der Waals surface area contributed by atoms with Crippen LogP contribution in [0.3, 0.4) is 0 Å². The third-order valence-corrected chi connectivity index (χ3v) is 7.53. The summed E-state index contributed by atoms with van der Waals surface area (Å²) in [4.78, 5) is 4.39. The Balaban J connectivity index is 1.60. The largest absolute Gasteiger partial charge is 0.264 e. The Morgan fingerprint density at radius 1 is 1.12 bits per heavy atom. The van der Waals surface area contributed by atoms with Gasteiger partial charge in [0.2, 0.25) is 0 Å². The second-order valence-corrected chi connectivity index (χ2v) is 8.96. The van der Waals surface area contributed by atoms with Gasteiger partial charge in [-0.25, -0.2) is 0 Å². The Morgan fingerprint density at radius 3 is 2.88 bits per heavy atom. The molecular formula is C24H33N. The SMILES string of the molecule is C/C1=C\CCCCC2CC[C@]3(C)C(c4cccnc4)=CCC3[C@@H]2CC1. The lowest BCUT2D eigenvalue weighted by atomic mass is 9.56. The Hall–Kier alpha value is -1.37. The molecule has 1 fully saturated rings. The quantitative estimate of drug-likeness (QED) is 0.513. The number of rotatable bonds is 1. The molecule has 1 nitrogen and oxygen atoms in total. The molecule has 4 rings (SSSR count). The van der Waals surface area contributed by atoms with E-state index in [-0.39, 0.29) is 0 Å². The third-order valence-electron chi connectivity index (χ3n) is 7.53. The van der Waals surface area contributed by atoms with E-state index in [1.807, 2.05) is 6.20 Å². The highest BCUT2D eigenvalue weighted by atomic mass is 14.6. The normalized spacial score (nSPS) is 38.1. The zero-order chi connectivity index (χ0) is 17.3. The predicted molar refractivity (Wildman–Crippen MR) is 106 cm³/mol. The van der Waals surface area contributed by atoms with E-state index >= 15 is 0 Å². The molecule has 0 spiro atoms. The summed E-state index contributed by atoms with van der Waals surface area (Å²) in [5.41, 5.74) is 4.95. The van der Waals surface area contributed by atoms with Crippen LogP contribution >= 0.6 is 0 Å². The highest BCUT2D eigenvalue weighted by molar-refractivity contribution is 5.72. The van der Waals surface area contributed by atoms with Crippen LogP contribution in [0, 0.1) is 23.2 Å². The van der Waals surface area contributed by atoms with Crippen LogP contribution in [0.1, 0.15) is 77.2 Å². The number of allylic oxidation sites excluding steroid dienone is 4. The highest BCUT2D eigenvalue weighted by Crippen LogP contribution is 2.60. The van der Waals surface area contributed by atoms with E-state index in [4.69, 9.17) is 0 Å². The Labute approximate surface area is 153 Å². The van der Waals surface area contributed by atoms with Gasteiger partial charge in [0.05, 0.1) is 0 Å². The molecular weight excluding hydrogens is 302 g/mol. The van der Waals surface area contributed by atoms with Crippen LogP contribution in [-0.4, -0.2) is 4.98 Å². The molecule has 3 aliphatic rings. The van der Waals surface area contributed by atoms with Crippen LogP contribution in [0.25, 0.3) is 5.57 Å². The van der Waals surface area contributed by atoms with Crippen molar-refractivity contribution in [1.82, 2.24) is 4.98 Å². The minimum atomic E-state index is 0.367. The standard InChI is InChI=1S/C24H33N/c1-18-7-4-3-5-8-19-14-15-24(2)22(20-9-6-16-25-17-20)12-13-23(24)21(19)11-10-18/h6-7,9,12,16-17,19,21,23H,3-5,8,10-11,13-15H2,1-2H3/b18-7+/t19?,21-,23?,24-/m1/s1. The van der Waals surface area contributed by atoms with E-state index in [1.54, 1.807) is 11.1 Å². The molecule has 0 aromatic carbocycles. The minimum Gasteiger partial charge on any atom is -0.264 e. The number of aromatic nitrogens is 1. The average molecular weight is 336 g/mol. The first-order valence-electron chi connectivity index (χ1n) is 10.4. The lowest BCUT2D eigenvalue weighted by molar-refractivity contribution is 0.0546. The maximum absolute atomic E-state index is 4.39. The summed E-state index contributed by atoms with van der Waals surface area (Å²) in [5, 5.41) is 0. The second-order valence-electron chi connectivity index (χ2n) is 8.96. The van der Waals surface area contributed by atoms with E-state index < -0.39 is 0 Å². The van der Waals surface area contributed by atoms with Gasteiger partial charge in [-0.3, -0.25) is 4.98 Å². The summed E-state index contributed by atoms with van der Waals surface area (Å²) >= 11 is 0. The van der Waals surface area contributed by atoms with Gasteiger partial charge in [-0.15, -0.1) is 0 Å². The van der Waals surface area contributed by atoms with Crippen LogP contribution in [-0.2, 0) is 0 Å². The lowest BCUT2D eigenvalue weighted by Gasteiger charge is -2.48. The molecule has 1 saturated carbocycles. The fourth-order valence-corrected chi connectivity index (χ4v) is 6.09. The zero-order valence-corrected chi connectivity index (χ0v) is 16.0. The molecule has 0 N–H and O–H groups in total. The van der Waals surface area contributed by atoms with Gasteiger partial charge in [-0.1, -0.05) is 43.6 Å². The minimum absolute atomic E-state index is 0.367. The summed E-state index contributed by atoms with van der Waals surface area (Å²) in [6.45, 7) is 4.91. The number of fused-ring (bicyclic) bond motifs is 3. The van der Waals surface area contributed by atoms with E-state index in [1.165, 1.54) is 63.4 Å². The smallest absolute Gasteiger partial charge is 0.0343 e. The lowest BCUT2D eigenvalue weighted by Crippen LogP contribution is -2.40. The molecule has 0 radical (unpaired) electrons. The maximum Gasteiger partial charge on any atom is 0.0343 e. The topological polar surface area (TPSA) is 12.9 Å². The fraction of sp³-hybridized carbons (Fsp3) is 0.625. The molecule has 0 saturated heterocycles. The van der Waals surface area contributed by atoms with Crippen molar-refractivity contribution in [1.29, 1.82) is 0 Å². The number of hydrogen-bond donors (Lipinski definition) is 0. The Morgan fingerprint density at radius 2 is 2.04 bits per heavy atom. The van der Waals surface area contributed by atoms with Gasteiger partial charge in [-0.05, 0) is 92.2 Å². The number of nitrogens with zero attached hydrogens (tertiary/aromatic N) is 1. The van der Waals surface area contributed by atoms with Crippen LogP contribution < -0.4 is 0 Å². The molecule has 1 aromatic heterocycles. The van der Waals surface area contributed by atoms with Crippen molar-refractivity contribution in [3.05, 3.63) is 47.8 Å². The van der Waals surface area contributed by atoms with Gasteiger partial charge in [0, 0.05) is 12.4 Å². The van der Waals surface area contributed by atoms with Crippen LogP contribution in [0.4, 0.5) is 0 Å². The van der Waals surface area contributed by atoms with E-state index in [0.29, 0.717) is 5.41 Å². The first kappa shape index (κ1) is 17.1. The molecule has 1 aromatic rings. The molecule has 0 aliphatic heterocycles. The zero-order valence-electron chi connectivity index (χ0n) is 16.0. The van der Waals surface area contributed by atoms with Gasteiger partial charge in [0.1, 0.15) is 0 Å². The second kappa shape index (κ2) is 7.09. The first-order valence-corrected chi connectivity index (χ1v) is 10.4. The summed E-state index contributed by atoms with van der Waals surface area (Å²) in [5.74, 6) is 2.71. The summed E-state index contributed by atoms with van der Waals surface area (Å²) in [6, 6.07) is 4.36. The monoisotopic (exact) mass is 335 g/mol. The molecule has 1 heteroatoms. The average Bonchev–Trinajstić information content (AvgIpc) is 2.98. The van der Waals surface area contributed by atoms with E-state index in [9.17, 15) is 0 Å². The summed E-state index contributed by atoms with van der Waals surface area (Å²) < 4.78 is 0. The Bertz CT molecular complexity index is 656. The van der Waals surface area contributed by atoms with Gasteiger partial charge in [0.15, 0.2) is 0 Å². The molecule has 3 aliphatic carbocycles. The van der Waals surface area contributed by atoms with Crippen molar-refractivity contribution in [2.24, 2.45) is 23.2 Å². The van der Waals surface area contributed by atoms with Crippen molar-refractivity contribution < 1.29 is 0 Å². The van der Waals surface area contributed by atoms with Gasteiger partial charge < -0.3 is 0 Å². The molecule has 134 valence electrons. The van der Waals surface area contributed by atoms with Crippen LogP contribution in [0.2, 0.25) is 0 Å². The number of pyridine rings is 1. The van der Waals surface area contributed by atoms with E-state index in [0.717, 1.165) is 17.8 Å². The van der Waals surface area contributed by atoms with Crippen molar-refractivity contribution >= 4 is 5.57 Å². The molecule has 0 bridgehead atoms. The summed E-state index contributed by atoms with van der Waals surface area (Å²) in [7, 11) is 0. The van der Waals surface area contributed by atoms with Crippen LogP contribution in [0.15, 0.2) is 42.3 Å². The van der Waals surface area contributed by atoms with Crippen molar-refractivity contribution in [3.8, 4) is 0 Å². The van der Waals surface area contributed by atoms with Crippen molar-refractivity contribution in [3.63, 3.8) is 0 Å². The predicted octanol–water partition coefficient (Wildman–Crippen LogP) is 6.82. The van der Waals surface area contributed by atoms with Crippen molar-refractivity contribution in [2.75, 3.05) is 0 Å². The van der Waals surface area contributed by atoms with Gasteiger partial charge in [0.25, 0.3) is 0 Å². The molecule has 0 amide bonds. The summed E-state index contributed by atoms with van der Waals surface area (Å²) in [6.07, 6.45) is 21.4. The third kappa shape index (κ3) is 3.23. The molecule has 1 heterocycles. The van der Waals surface area contributed by atoms with Crippen molar-refractivity contribution in [2.45, 2.75) is 71.6 Å². The molecule has 25 heavy (non-hydrogen) atoms. The fourth-order valence-electron chi connectivity index (χ4n) is 6.09. The highest BCUT2D eigenvalue weighted by Gasteiger charge is 2.50. The van der Waals surface area contributed by atoms with Gasteiger partial charge in [-0.2, -0.15) is 0 Å². The van der Waals surface area contributed by atoms with Gasteiger partial charge >= 0.3 is 0 Å². The first-order chi connectivity index (χ1) is 12.2. The maximum atomic E-state index is 4.39. The molecule has 2 unspecified atom stereocenters. The van der Waals surface area contributed by atoms with E-state index in [2.05, 4.69) is 49.3 Å². The van der Waals surface area contributed by atoms with Crippen LogP contribution in [0.5, 0.6) is 0 Å².